The van der Waals surface area contributed by atoms with E-state index in [1.807, 2.05) is 24.3 Å². The van der Waals surface area contributed by atoms with Gasteiger partial charge < -0.3 is 20.7 Å². The second-order valence-corrected chi connectivity index (χ2v) is 10.8. The lowest BCUT2D eigenvalue weighted by molar-refractivity contribution is -0.130. The highest BCUT2D eigenvalue weighted by Gasteiger charge is 2.51. The van der Waals surface area contributed by atoms with Crippen LogP contribution in [0, 0.1) is 23.5 Å². The van der Waals surface area contributed by atoms with E-state index in [4.69, 9.17) is 4.74 Å². The molecule has 5 rings (SSSR count). The SMILES string of the molecule is COc1cccc(CC2(C(C(=O)NC3CCCCC3)C3CCCCC3)Nc3cc(F)c(F)cc3N2)c1. The van der Waals surface area contributed by atoms with Gasteiger partial charge in [-0.25, -0.2) is 8.78 Å². The highest BCUT2D eigenvalue weighted by molar-refractivity contribution is 5.86. The fraction of sp³-hybridized carbons (Fsp3) is 0.552. The number of carbonyl (C=O) groups excluding carboxylic acids is 1. The molecule has 3 aliphatic rings. The molecule has 2 aromatic carbocycles. The molecule has 1 heterocycles. The van der Waals surface area contributed by atoms with Crippen LogP contribution in [0.2, 0.25) is 0 Å². The second kappa shape index (κ2) is 10.7. The summed E-state index contributed by atoms with van der Waals surface area (Å²) in [6.45, 7) is 0. The van der Waals surface area contributed by atoms with Crippen LogP contribution < -0.4 is 20.7 Å². The first kappa shape index (κ1) is 24.8. The van der Waals surface area contributed by atoms with Crippen molar-refractivity contribution in [1.82, 2.24) is 5.32 Å². The average Bonchev–Trinajstić information content (AvgIpc) is 3.22. The van der Waals surface area contributed by atoms with E-state index >= 15 is 0 Å². The van der Waals surface area contributed by atoms with Gasteiger partial charge in [0.15, 0.2) is 11.6 Å². The molecule has 7 heteroatoms. The lowest BCUT2D eigenvalue weighted by Gasteiger charge is -2.44. The minimum Gasteiger partial charge on any atom is -0.497 e. The van der Waals surface area contributed by atoms with Gasteiger partial charge in [-0.1, -0.05) is 50.7 Å². The fourth-order valence-corrected chi connectivity index (χ4v) is 6.57. The molecule has 1 atom stereocenters. The Bertz CT molecular complexity index is 1050. The minimum atomic E-state index is -0.921. The summed E-state index contributed by atoms with van der Waals surface area (Å²) in [5.41, 5.74) is 1.04. The lowest BCUT2D eigenvalue weighted by Crippen LogP contribution is -2.60. The number of methoxy groups -OCH3 is 1. The van der Waals surface area contributed by atoms with E-state index in [-0.39, 0.29) is 17.9 Å². The molecule has 0 radical (unpaired) electrons. The number of anilines is 2. The number of nitrogens with one attached hydrogen (secondary N) is 3. The highest BCUT2D eigenvalue weighted by Crippen LogP contribution is 2.46. The van der Waals surface area contributed by atoms with Crippen LogP contribution in [0.25, 0.3) is 0 Å². The maximum absolute atomic E-state index is 14.2. The molecule has 0 spiro atoms. The maximum atomic E-state index is 14.2. The van der Waals surface area contributed by atoms with Gasteiger partial charge in [0.2, 0.25) is 5.91 Å². The van der Waals surface area contributed by atoms with Crippen molar-refractivity contribution in [1.29, 1.82) is 0 Å². The van der Waals surface area contributed by atoms with Crippen molar-refractivity contribution in [3.05, 3.63) is 53.6 Å². The third-order valence-electron chi connectivity index (χ3n) is 8.28. The second-order valence-electron chi connectivity index (χ2n) is 10.8. The number of carbonyl (C=O) groups is 1. The summed E-state index contributed by atoms with van der Waals surface area (Å²) < 4.78 is 33.9. The quantitative estimate of drug-likeness (QED) is 0.415. The van der Waals surface area contributed by atoms with Crippen molar-refractivity contribution in [2.45, 2.75) is 82.3 Å². The molecule has 5 nitrogen and oxygen atoms in total. The van der Waals surface area contributed by atoms with Crippen molar-refractivity contribution < 1.29 is 18.3 Å². The molecule has 2 saturated carbocycles. The number of rotatable bonds is 7. The average molecular weight is 498 g/mol. The van der Waals surface area contributed by atoms with E-state index in [2.05, 4.69) is 16.0 Å². The molecule has 1 unspecified atom stereocenters. The van der Waals surface area contributed by atoms with Crippen molar-refractivity contribution in [2.24, 2.45) is 11.8 Å². The fourth-order valence-electron chi connectivity index (χ4n) is 6.57. The summed E-state index contributed by atoms with van der Waals surface area (Å²) in [4.78, 5) is 14.1. The Morgan fingerprint density at radius 2 is 1.58 bits per heavy atom. The van der Waals surface area contributed by atoms with Crippen LogP contribution in [0.4, 0.5) is 20.2 Å². The monoisotopic (exact) mass is 497 g/mol. The zero-order chi connectivity index (χ0) is 25.1. The normalized spacial score (nSPS) is 20.6. The summed E-state index contributed by atoms with van der Waals surface area (Å²) in [6, 6.07) is 10.4. The molecule has 2 aromatic rings. The number of halogens is 2. The molecule has 1 amide bonds. The number of benzene rings is 2. The lowest BCUT2D eigenvalue weighted by atomic mass is 9.71. The van der Waals surface area contributed by atoms with Gasteiger partial charge in [0.25, 0.3) is 0 Å². The molecular formula is C29H37F2N3O2. The van der Waals surface area contributed by atoms with Gasteiger partial charge in [-0.3, -0.25) is 4.79 Å². The van der Waals surface area contributed by atoms with Crippen molar-refractivity contribution in [2.75, 3.05) is 17.7 Å². The molecule has 0 saturated heterocycles. The molecule has 2 aliphatic carbocycles. The van der Waals surface area contributed by atoms with Crippen LogP contribution >= 0.6 is 0 Å². The largest absolute Gasteiger partial charge is 0.497 e. The Balaban J connectivity index is 1.54. The predicted molar refractivity (Wildman–Crippen MR) is 138 cm³/mol. The zero-order valence-electron chi connectivity index (χ0n) is 21.0. The first-order valence-electron chi connectivity index (χ1n) is 13.5. The van der Waals surface area contributed by atoms with Crippen LogP contribution in [0.1, 0.15) is 69.8 Å². The Morgan fingerprint density at radius 3 is 2.19 bits per heavy atom. The van der Waals surface area contributed by atoms with Crippen LogP contribution in [-0.2, 0) is 11.2 Å². The number of ether oxygens (including phenoxy) is 1. The molecular weight excluding hydrogens is 460 g/mol. The van der Waals surface area contributed by atoms with E-state index in [0.717, 1.165) is 62.7 Å². The molecule has 0 aromatic heterocycles. The number of hydrogen-bond acceptors (Lipinski definition) is 4. The first-order chi connectivity index (χ1) is 17.5. The van der Waals surface area contributed by atoms with Gasteiger partial charge in [0.1, 0.15) is 11.4 Å². The minimum absolute atomic E-state index is 0.0328. The van der Waals surface area contributed by atoms with Crippen LogP contribution in [0.15, 0.2) is 36.4 Å². The third kappa shape index (κ3) is 5.16. The Hall–Kier alpha value is -2.83. The summed E-state index contributed by atoms with van der Waals surface area (Å²) in [5.74, 6) is -1.29. The summed E-state index contributed by atoms with van der Waals surface area (Å²) >= 11 is 0. The molecule has 3 N–H and O–H groups in total. The number of hydrogen-bond donors (Lipinski definition) is 3. The Kier molecular flexibility index (Phi) is 7.35. The van der Waals surface area contributed by atoms with Crippen LogP contribution in [0.5, 0.6) is 5.75 Å². The van der Waals surface area contributed by atoms with Crippen LogP contribution in [-0.4, -0.2) is 24.7 Å². The van der Waals surface area contributed by atoms with Gasteiger partial charge in [-0.05, 0) is 49.3 Å². The van der Waals surface area contributed by atoms with E-state index in [0.29, 0.717) is 17.8 Å². The van der Waals surface area contributed by atoms with E-state index in [9.17, 15) is 13.6 Å². The first-order valence-corrected chi connectivity index (χ1v) is 13.5. The van der Waals surface area contributed by atoms with Gasteiger partial charge >= 0.3 is 0 Å². The topological polar surface area (TPSA) is 62.4 Å². The Labute approximate surface area is 212 Å². The molecule has 0 bridgehead atoms. The smallest absolute Gasteiger partial charge is 0.227 e. The molecule has 36 heavy (non-hydrogen) atoms. The van der Waals surface area contributed by atoms with Gasteiger partial charge in [0, 0.05) is 24.6 Å². The number of amides is 1. The molecule has 1 aliphatic heterocycles. The van der Waals surface area contributed by atoms with Crippen molar-refractivity contribution in [3.8, 4) is 5.75 Å². The van der Waals surface area contributed by atoms with Gasteiger partial charge in [-0.15, -0.1) is 0 Å². The maximum Gasteiger partial charge on any atom is 0.227 e. The summed E-state index contributed by atoms with van der Waals surface area (Å²) in [6.07, 6.45) is 11.2. The summed E-state index contributed by atoms with van der Waals surface area (Å²) in [7, 11) is 1.63. The van der Waals surface area contributed by atoms with Crippen LogP contribution in [0.3, 0.4) is 0 Å². The molecule has 2 fully saturated rings. The van der Waals surface area contributed by atoms with E-state index < -0.39 is 23.2 Å². The number of fused-ring (bicyclic) bond motifs is 1. The van der Waals surface area contributed by atoms with Gasteiger partial charge in [-0.2, -0.15) is 0 Å². The van der Waals surface area contributed by atoms with Crippen molar-refractivity contribution in [3.63, 3.8) is 0 Å². The van der Waals surface area contributed by atoms with Gasteiger partial charge in [0.05, 0.1) is 24.4 Å². The standard InChI is InChI=1S/C29H37F2N3O2/c1-36-22-14-8-9-19(15-22)18-29(33-25-16-23(30)24(31)17-26(25)34-29)27(20-10-4-2-5-11-20)28(35)32-21-12-6-3-7-13-21/h8-9,14-17,20-21,27,33-34H,2-7,10-13,18H2,1H3,(H,32,35). The predicted octanol–water partition coefficient (Wildman–Crippen LogP) is 6.40. The van der Waals surface area contributed by atoms with E-state index in [1.165, 1.54) is 25.0 Å². The third-order valence-corrected chi connectivity index (χ3v) is 8.28. The summed E-state index contributed by atoms with van der Waals surface area (Å²) in [5, 5.41) is 10.4. The van der Waals surface area contributed by atoms with E-state index in [1.54, 1.807) is 7.11 Å². The van der Waals surface area contributed by atoms with Crippen molar-refractivity contribution >= 4 is 17.3 Å². The highest BCUT2D eigenvalue weighted by atomic mass is 19.2. The molecule has 194 valence electrons. The Morgan fingerprint density at radius 1 is 0.972 bits per heavy atom. The zero-order valence-corrected chi connectivity index (χ0v) is 21.0.